The summed E-state index contributed by atoms with van der Waals surface area (Å²) in [5.41, 5.74) is 2.64. The molecule has 4 rings (SSSR count). The van der Waals surface area contributed by atoms with Gasteiger partial charge in [-0.3, -0.25) is 19.3 Å². The molecule has 1 saturated carbocycles. The Balaban J connectivity index is 1.85. The van der Waals surface area contributed by atoms with Crippen LogP contribution in [0.25, 0.3) is 5.76 Å². The SMILES string of the molecule is C[C@@H](NCc1cc(O)c2c(c1Cl)C[C@H]1C[C@H]3[C@H](N(C)C)C(=O)C(C(N)=O)=C(O)[C@@]3(O)C(=O)C1=C2O)C(C)(C)C. The van der Waals surface area contributed by atoms with Gasteiger partial charge in [0.05, 0.1) is 11.6 Å². The van der Waals surface area contributed by atoms with Gasteiger partial charge in [0.2, 0.25) is 5.78 Å². The van der Waals surface area contributed by atoms with Crippen LogP contribution >= 0.6 is 11.6 Å². The van der Waals surface area contributed by atoms with Crippen LogP contribution in [-0.2, 0) is 27.3 Å². The van der Waals surface area contributed by atoms with E-state index in [2.05, 4.69) is 26.1 Å². The number of ketones is 2. The van der Waals surface area contributed by atoms with E-state index < -0.39 is 58.0 Å². The molecular formula is C28H36ClN3O7. The Bertz CT molecular complexity index is 1340. The van der Waals surface area contributed by atoms with Crippen LogP contribution in [0, 0.1) is 17.3 Å². The number of aliphatic hydroxyl groups is 3. The monoisotopic (exact) mass is 561 g/mol. The number of nitrogens with zero attached hydrogens (tertiary/aromatic N) is 1. The van der Waals surface area contributed by atoms with E-state index in [1.807, 2.05) is 6.92 Å². The van der Waals surface area contributed by atoms with E-state index in [0.717, 1.165) is 0 Å². The molecule has 3 aliphatic carbocycles. The summed E-state index contributed by atoms with van der Waals surface area (Å²) in [4.78, 5) is 40.6. The van der Waals surface area contributed by atoms with Crippen molar-refractivity contribution in [2.24, 2.45) is 23.0 Å². The second-order valence-corrected chi connectivity index (χ2v) is 12.5. The smallest absolute Gasteiger partial charge is 0.255 e. The van der Waals surface area contributed by atoms with Gasteiger partial charge < -0.3 is 31.5 Å². The largest absolute Gasteiger partial charge is 0.508 e. The lowest BCUT2D eigenvalue weighted by Gasteiger charge is -2.50. The summed E-state index contributed by atoms with van der Waals surface area (Å²) >= 11 is 6.79. The fourth-order valence-electron chi connectivity index (χ4n) is 6.04. The van der Waals surface area contributed by atoms with Crippen LogP contribution in [-0.4, -0.2) is 74.6 Å². The minimum Gasteiger partial charge on any atom is -0.508 e. The predicted molar refractivity (Wildman–Crippen MR) is 145 cm³/mol. The Labute approximate surface area is 232 Å². The lowest BCUT2D eigenvalue weighted by atomic mass is 9.57. The Morgan fingerprint density at radius 3 is 2.41 bits per heavy atom. The van der Waals surface area contributed by atoms with E-state index in [4.69, 9.17) is 17.3 Å². The number of aliphatic hydroxyl groups excluding tert-OH is 2. The molecule has 0 unspecified atom stereocenters. The fourth-order valence-corrected chi connectivity index (χ4v) is 6.34. The average molecular weight is 562 g/mol. The van der Waals surface area contributed by atoms with Crippen molar-refractivity contribution in [1.82, 2.24) is 10.2 Å². The normalized spacial score (nSPS) is 27.9. The van der Waals surface area contributed by atoms with E-state index in [1.165, 1.54) is 11.0 Å². The number of phenols is 1. The molecule has 0 heterocycles. The second kappa shape index (κ2) is 9.62. The number of nitrogens with one attached hydrogen (secondary N) is 1. The van der Waals surface area contributed by atoms with Gasteiger partial charge >= 0.3 is 0 Å². The van der Waals surface area contributed by atoms with Crippen molar-refractivity contribution in [2.75, 3.05) is 14.1 Å². The number of carbonyl (C=O) groups is 3. The van der Waals surface area contributed by atoms with Crippen molar-refractivity contribution in [3.63, 3.8) is 0 Å². The van der Waals surface area contributed by atoms with Gasteiger partial charge in [0.15, 0.2) is 11.4 Å². The second-order valence-electron chi connectivity index (χ2n) is 12.2. The van der Waals surface area contributed by atoms with Gasteiger partial charge in [0, 0.05) is 29.1 Å². The fraction of sp³-hybridized carbons (Fsp3) is 0.536. The number of amides is 1. The molecule has 39 heavy (non-hydrogen) atoms. The van der Waals surface area contributed by atoms with E-state index in [-0.39, 0.29) is 41.2 Å². The molecule has 10 nitrogen and oxygen atoms in total. The van der Waals surface area contributed by atoms with Crippen LogP contribution in [0.2, 0.25) is 5.02 Å². The first kappa shape index (κ1) is 29.1. The molecule has 0 bridgehead atoms. The van der Waals surface area contributed by atoms with Gasteiger partial charge in [-0.1, -0.05) is 32.4 Å². The van der Waals surface area contributed by atoms with Gasteiger partial charge in [0.1, 0.15) is 22.8 Å². The molecule has 11 heteroatoms. The lowest BCUT2D eigenvalue weighted by molar-refractivity contribution is -0.153. The molecule has 0 spiro atoms. The molecule has 0 aromatic heterocycles. The lowest BCUT2D eigenvalue weighted by Crippen LogP contribution is -2.65. The molecule has 7 N–H and O–H groups in total. The number of carbonyl (C=O) groups excluding carboxylic acids is 3. The number of aromatic hydroxyl groups is 1. The molecule has 1 aromatic rings. The molecule has 212 valence electrons. The highest BCUT2D eigenvalue weighted by Crippen LogP contribution is 2.53. The zero-order valence-corrected chi connectivity index (χ0v) is 23.7. The third kappa shape index (κ3) is 4.34. The van der Waals surface area contributed by atoms with E-state index >= 15 is 0 Å². The first-order valence-electron chi connectivity index (χ1n) is 12.9. The molecule has 3 aliphatic rings. The minimum absolute atomic E-state index is 0.00634. The quantitative estimate of drug-likeness (QED) is 0.294. The number of Topliss-reactive ketones (excluding diaryl/α,β-unsaturated/α-hetero) is 2. The standard InChI is InChI=1S/C28H36ClN3O7/c1-11(27(2,3)4)31-10-13-9-16(33)18-14(20(13)29)7-12-8-15-21(32(5)6)23(35)19(26(30)38)25(37)28(15,39)24(36)17(12)22(18)34/h9,11-12,15,21,31,33-34,37,39H,7-8,10H2,1-6H3,(H2,30,38)/t11-,12+,15+,21+,28+/m1/s1. The van der Waals surface area contributed by atoms with Crippen molar-refractivity contribution in [3.05, 3.63) is 44.7 Å². The number of hydrogen-bond acceptors (Lipinski definition) is 9. The topological polar surface area (TPSA) is 173 Å². The van der Waals surface area contributed by atoms with Gasteiger partial charge in [-0.15, -0.1) is 0 Å². The van der Waals surface area contributed by atoms with Crippen LogP contribution in [0.1, 0.15) is 50.8 Å². The number of rotatable bonds is 5. The number of phenolic OH excluding ortho intramolecular Hbond substituents is 1. The highest BCUT2D eigenvalue weighted by atomic mass is 35.5. The molecule has 5 atom stereocenters. The first-order valence-corrected chi connectivity index (χ1v) is 13.2. The van der Waals surface area contributed by atoms with Crippen molar-refractivity contribution >= 4 is 34.8 Å². The van der Waals surface area contributed by atoms with Gasteiger partial charge in [-0.25, -0.2) is 0 Å². The molecule has 1 aromatic carbocycles. The summed E-state index contributed by atoms with van der Waals surface area (Å²) in [6, 6.07) is 0.411. The van der Waals surface area contributed by atoms with Crippen molar-refractivity contribution in [3.8, 4) is 5.75 Å². The summed E-state index contributed by atoms with van der Waals surface area (Å²) in [7, 11) is 3.11. The van der Waals surface area contributed by atoms with E-state index in [0.29, 0.717) is 22.7 Å². The third-order valence-electron chi connectivity index (χ3n) is 8.63. The number of primary amides is 1. The molecule has 1 amide bonds. The first-order chi connectivity index (χ1) is 17.9. The zero-order valence-electron chi connectivity index (χ0n) is 22.9. The average Bonchev–Trinajstić information content (AvgIpc) is 2.81. The molecular weight excluding hydrogens is 526 g/mol. The Kier molecular flexibility index (Phi) is 7.17. The van der Waals surface area contributed by atoms with E-state index in [1.54, 1.807) is 14.1 Å². The predicted octanol–water partition coefficient (Wildman–Crippen LogP) is 2.14. The molecule has 0 saturated heterocycles. The molecule has 0 radical (unpaired) electrons. The summed E-state index contributed by atoms with van der Waals surface area (Å²) in [6.45, 7) is 8.69. The van der Waals surface area contributed by atoms with Crippen molar-refractivity contribution in [1.29, 1.82) is 0 Å². The minimum atomic E-state index is -2.67. The zero-order chi connectivity index (χ0) is 29.4. The number of halogens is 1. The van der Waals surface area contributed by atoms with Crippen LogP contribution < -0.4 is 11.1 Å². The highest BCUT2D eigenvalue weighted by Gasteiger charge is 2.64. The Morgan fingerprint density at radius 1 is 1.26 bits per heavy atom. The van der Waals surface area contributed by atoms with Crippen molar-refractivity contribution in [2.45, 2.75) is 64.8 Å². The van der Waals surface area contributed by atoms with Crippen molar-refractivity contribution < 1.29 is 34.8 Å². The van der Waals surface area contributed by atoms with Crippen LogP contribution in [0.4, 0.5) is 0 Å². The summed E-state index contributed by atoms with van der Waals surface area (Å²) in [5.74, 6) is -6.90. The third-order valence-corrected chi connectivity index (χ3v) is 9.10. The van der Waals surface area contributed by atoms with Crippen LogP contribution in [0.15, 0.2) is 23.0 Å². The van der Waals surface area contributed by atoms with Crippen LogP contribution in [0.5, 0.6) is 5.75 Å². The Hall–Kier alpha value is -2.92. The molecule has 0 aliphatic heterocycles. The number of nitrogens with two attached hydrogens (primary N) is 1. The summed E-state index contributed by atoms with van der Waals surface area (Å²) < 4.78 is 0. The maximum Gasteiger partial charge on any atom is 0.255 e. The number of fused-ring (bicyclic) bond motifs is 3. The van der Waals surface area contributed by atoms with E-state index in [9.17, 15) is 34.8 Å². The summed E-state index contributed by atoms with van der Waals surface area (Å²) in [6.07, 6.45) is 0.149. The number of likely N-dealkylation sites (N-methyl/N-ethyl adjacent to an activating group) is 1. The number of hydrogen-bond donors (Lipinski definition) is 6. The van der Waals surface area contributed by atoms with Crippen LogP contribution in [0.3, 0.4) is 0 Å². The summed E-state index contributed by atoms with van der Waals surface area (Å²) in [5, 5.41) is 48.5. The maximum absolute atomic E-state index is 13.9. The number of benzene rings is 1. The maximum atomic E-state index is 13.9. The van der Waals surface area contributed by atoms with Gasteiger partial charge in [-0.2, -0.15) is 0 Å². The highest BCUT2D eigenvalue weighted by molar-refractivity contribution is 6.32. The van der Waals surface area contributed by atoms with Gasteiger partial charge in [-0.05, 0) is 62.4 Å². The van der Waals surface area contributed by atoms with Gasteiger partial charge in [0.25, 0.3) is 5.91 Å². The molecule has 1 fully saturated rings. The Morgan fingerprint density at radius 2 is 1.87 bits per heavy atom.